The van der Waals surface area contributed by atoms with Gasteiger partial charge in [-0.2, -0.15) is 0 Å². The maximum absolute atomic E-state index is 5.21. The average molecular weight is 475 g/mol. The molecule has 0 aliphatic heterocycles. The molecule has 37 heavy (non-hydrogen) atoms. The summed E-state index contributed by atoms with van der Waals surface area (Å²) in [7, 11) is 0. The Hall–Kier alpha value is -4.69. The molecule has 2 aromatic heterocycles. The predicted octanol–water partition coefficient (Wildman–Crippen LogP) is 9.28. The number of aryl methyl sites for hydroxylation is 2. The summed E-state index contributed by atoms with van der Waals surface area (Å²) >= 11 is 0. The van der Waals surface area contributed by atoms with Gasteiger partial charge < -0.3 is 0 Å². The first-order valence-corrected chi connectivity index (χ1v) is 12.7. The van der Waals surface area contributed by atoms with E-state index < -0.39 is 0 Å². The van der Waals surface area contributed by atoms with Gasteiger partial charge in [-0.15, -0.1) is 0 Å². The predicted molar refractivity (Wildman–Crippen MR) is 156 cm³/mol. The van der Waals surface area contributed by atoms with Gasteiger partial charge in [-0.05, 0) is 72.1 Å². The highest BCUT2D eigenvalue weighted by Crippen LogP contribution is 2.38. The van der Waals surface area contributed by atoms with Crippen LogP contribution in [0.1, 0.15) is 11.1 Å². The topological polar surface area (TPSA) is 17.8 Å². The number of benzene rings is 5. The maximum atomic E-state index is 5.21. The Morgan fingerprint density at radius 3 is 2.14 bits per heavy atom. The summed E-state index contributed by atoms with van der Waals surface area (Å²) < 4.78 is 2.33. The summed E-state index contributed by atoms with van der Waals surface area (Å²) in [5.41, 5.74) is 9.38. The highest BCUT2D eigenvalue weighted by molar-refractivity contribution is 6.21. The first kappa shape index (κ1) is 21.6. The quantitative estimate of drug-likeness (QED) is 0.249. The molecule has 0 N–H and O–H groups in total. The summed E-state index contributed by atoms with van der Waals surface area (Å²) in [6, 6.07) is 43.5. The van der Waals surface area contributed by atoms with Gasteiger partial charge in [0.15, 0.2) is 0 Å². The summed E-state index contributed by atoms with van der Waals surface area (Å²) in [5.74, 6) is 0.928. The van der Waals surface area contributed by atoms with Crippen molar-refractivity contribution >= 4 is 32.6 Å². The van der Waals surface area contributed by atoms with Crippen molar-refractivity contribution in [3.05, 3.63) is 132 Å². The third kappa shape index (κ3) is 3.61. The molecule has 0 unspecified atom stereocenters. The Balaban J connectivity index is 1.55. The molecule has 0 fully saturated rings. The second-order valence-electron chi connectivity index (χ2n) is 9.87. The number of aromatic nitrogens is 2. The van der Waals surface area contributed by atoms with Crippen molar-refractivity contribution < 1.29 is 0 Å². The lowest BCUT2D eigenvalue weighted by Gasteiger charge is -2.11. The Labute approximate surface area is 216 Å². The van der Waals surface area contributed by atoms with Crippen molar-refractivity contribution in [1.29, 1.82) is 0 Å². The lowest BCUT2D eigenvalue weighted by molar-refractivity contribution is 1.08. The van der Waals surface area contributed by atoms with Gasteiger partial charge in [-0.3, -0.25) is 4.57 Å². The molecule has 2 heteroatoms. The molecule has 2 nitrogen and oxygen atoms in total. The Morgan fingerprint density at radius 2 is 1.30 bits per heavy atom. The van der Waals surface area contributed by atoms with E-state index in [1.807, 2.05) is 0 Å². The van der Waals surface area contributed by atoms with Crippen molar-refractivity contribution in [2.75, 3.05) is 0 Å². The van der Waals surface area contributed by atoms with Gasteiger partial charge >= 0.3 is 0 Å². The van der Waals surface area contributed by atoms with Gasteiger partial charge in [-0.25, -0.2) is 4.98 Å². The van der Waals surface area contributed by atoms with E-state index in [0.717, 1.165) is 22.6 Å². The minimum atomic E-state index is 0.928. The van der Waals surface area contributed by atoms with Gasteiger partial charge in [0.25, 0.3) is 0 Å². The molecule has 7 aromatic rings. The van der Waals surface area contributed by atoms with Crippen LogP contribution in [0.3, 0.4) is 0 Å². The molecule has 0 atom stereocenters. The molecule has 0 bridgehead atoms. The van der Waals surface area contributed by atoms with Crippen LogP contribution in [-0.2, 0) is 0 Å². The fraction of sp³-hybridized carbons (Fsp3) is 0.0571. The number of pyridine rings is 1. The Bertz CT molecular complexity index is 1920. The first-order valence-electron chi connectivity index (χ1n) is 12.7. The highest BCUT2D eigenvalue weighted by Gasteiger charge is 2.17. The van der Waals surface area contributed by atoms with E-state index in [9.17, 15) is 0 Å². The first-order chi connectivity index (χ1) is 18.2. The number of fused-ring (bicyclic) bond motifs is 5. The van der Waals surface area contributed by atoms with Gasteiger partial charge in [-0.1, -0.05) is 96.1 Å². The van der Waals surface area contributed by atoms with Gasteiger partial charge in [0.05, 0.1) is 16.7 Å². The SMILES string of the molecule is Cc1cc(C)cc(-c2cccc(-n3c4cc(-c5ccccc5)ccc4c4c5ccccc5ccc43)n2)c1. The molecular formula is C35H26N2. The van der Waals surface area contributed by atoms with Crippen LogP contribution in [0.4, 0.5) is 0 Å². The fourth-order valence-corrected chi connectivity index (χ4v) is 5.68. The number of nitrogens with zero attached hydrogens (tertiary/aromatic N) is 2. The van der Waals surface area contributed by atoms with Crippen molar-refractivity contribution in [3.8, 4) is 28.2 Å². The fourth-order valence-electron chi connectivity index (χ4n) is 5.68. The summed E-state index contributed by atoms with van der Waals surface area (Å²) in [6.07, 6.45) is 0. The minimum Gasteiger partial charge on any atom is -0.294 e. The number of hydrogen-bond acceptors (Lipinski definition) is 1. The van der Waals surface area contributed by atoms with Gasteiger partial charge in [0.2, 0.25) is 0 Å². The van der Waals surface area contributed by atoms with Crippen LogP contribution in [0.5, 0.6) is 0 Å². The molecule has 0 amide bonds. The molecular weight excluding hydrogens is 448 g/mol. The van der Waals surface area contributed by atoms with Crippen LogP contribution < -0.4 is 0 Å². The number of hydrogen-bond donors (Lipinski definition) is 0. The van der Waals surface area contributed by atoms with E-state index in [-0.39, 0.29) is 0 Å². The molecule has 0 aliphatic rings. The molecule has 7 rings (SSSR count). The maximum Gasteiger partial charge on any atom is 0.138 e. The van der Waals surface area contributed by atoms with Crippen molar-refractivity contribution in [2.24, 2.45) is 0 Å². The van der Waals surface area contributed by atoms with Crippen molar-refractivity contribution in [1.82, 2.24) is 9.55 Å². The summed E-state index contributed by atoms with van der Waals surface area (Å²) in [5, 5.41) is 5.02. The highest BCUT2D eigenvalue weighted by atomic mass is 15.1. The van der Waals surface area contributed by atoms with Crippen LogP contribution in [0.25, 0.3) is 60.8 Å². The lowest BCUT2D eigenvalue weighted by Crippen LogP contribution is -1.99. The van der Waals surface area contributed by atoms with Gasteiger partial charge in [0.1, 0.15) is 5.82 Å². The van der Waals surface area contributed by atoms with E-state index in [1.54, 1.807) is 0 Å². The molecule has 5 aromatic carbocycles. The van der Waals surface area contributed by atoms with E-state index in [1.165, 1.54) is 49.3 Å². The van der Waals surface area contributed by atoms with Crippen LogP contribution in [0.15, 0.2) is 121 Å². The van der Waals surface area contributed by atoms with Crippen LogP contribution in [0, 0.1) is 13.8 Å². The largest absolute Gasteiger partial charge is 0.294 e. The average Bonchev–Trinajstić information content (AvgIpc) is 3.27. The standard InChI is InChI=1S/C35H26N2/c1-23-19-24(2)21-28(20-23)31-13-8-14-34(36-31)37-32-18-16-26-11-6-7-12-29(26)35(32)30-17-15-27(22-33(30)37)25-9-4-3-5-10-25/h3-22H,1-2H3. The van der Waals surface area contributed by atoms with Crippen molar-refractivity contribution in [3.63, 3.8) is 0 Å². The van der Waals surface area contributed by atoms with Gasteiger partial charge in [0, 0.05) is 16.3 Å². The Morgan fingerprint density at radius 1 is 0.514 bits per heavy atom. The molecule has 176 valence electrons. The molecule has 0 spiro atoms. The van der Waals surface area contributed by atoms with Crippen LogP contribution in [-0.4, -0.2) is 9.55 Å². The second kappa shape index (κ2) is 8.46. The number of rotatable bonds is 3. The second-order valence-corrected chi connectivity index (χ2v) is 9.87. The zero-order chi connectivity index (χ0) is 24.9. The monoisotopic (exact) mass is 474 g/mol. The van der Waals surface area contributed by atoms with E-state index >= 15 is 0 Å². The zero-order valence-corrected chi connectivity index (χ0v) is 20.9. The smallest absolute Gasteiger partial charge is 0.138 e. The zero-order valence-electron chi connectivity index (χ0n) is 20.9. The molecule has 0 radical (unpaired) electrons. The summed E-state index contributed by atoms with van der Waals surface area (Å²) in [4.78, 5) is 5.21. The summed E-state index contributed by atoms with van der Waals surface area (Å²) in [6.45, 7) is 4.28. The Kier molecular flexibility index (Phi) is 4.93. The minimum absolute atomic E-state index is 0.928. The van der Waals surface area contributed by atoms with E-state index in [0.29, 0.717) is 0 Å². The molecule has 2 heterocycles. The lowest BCUT2D eigenvalue weighted by atomic mass is 10.0. The molecule has 0 saturated carbocycles. The van der Waals surface area contributed by atoms with Crippen LogP contribution in [0.2, 0.25) is 0 Å². The van der Waals surface area contributed by atoms with Crippen LogP contribution >= 0.6 is 0 Å². The third-order valence-electron chi connectivity index (χ3n) is 7.24. The molecule has 0 saturated heterocycles. The van der Waals surface area contributed by atoms with Crippen molar-refractivity contribution in [2.45, 2.75) is 13.8 Å². The van der Waals surface area contributed by atoms with E-state index in [2.05, 4.69) is 140 Å². The molecule has 0 aliphatic carbocycles. The normalized spacial score (nSPS) is 11.5. The van der Waals surface area contributed by atoms with E-state index in [4.69, 9.17) is 4.98 Å². The third-order valence-corrected chi connectivity index (χ3v) is 7.24.